The largest absolute Gasteiger partial charge is 0.480 e. The first-order valence-electron chi connectivity index (χ1n) is 8.10. The van der Waals surface area contributed by atoms with Crippen molar-refractivity contribution in [2.75, 3.05) is 18.5 Å². The van der Waals surface area contributed by atoms with Gasteiger partial charge >= 0.3 is 5.97 Å². The molecule has 3 rings (SSSR count). The number of hydrogen-bond acceptors (Lipinski definition) is 4. The summed E-state index contributed by atoms with van der Waals surface area (Å²) in [5, 5.41) is 11.7. The van der Waals surface area contributed by atoms with E-state index in [0.29, 0.717) is 24.3 Å². The molecule has 0 bridgehead atoms. The predicted molar refractivity (Wildman–Crippen MR) is 85.7 cm³/mol. The van der Waals surface area contributed by atoms with E-state index in [1.54, 1.807) is 24.3 Å². The maximum atomic E-state index is 12.6. The predicted octanol–water partition coefficient (Wildman–Crippen LogP) is 1.49. The molecule has 0 spiro atoms. The Bertz CT molecular complexity index is 650. The van der Waals surface area contributed by atoms with E-state index in [1.807, 2.05) is 0 Å². The summed E-state index contributed by atoms with van der Waals surface area (Å²) in [4.78, 5) is 37.0. The Balaban J connectivity index is 1.70. The molecule has 0 aromatic heterocycles. The fraction of sp³-hybridized carbons (Fsp3) is 0.471. The molecule has 1 aromatic carbocycles. The Morgan fingerprint density at radius 1 is 1.25 bits per heavy atom. The molecule has 7 nitrogen and oxygen atoms in total. The van der Waals surface area contributed by atoms with Gasteiger partial charge < -0.3 is 20.1 Å². The van der Waals surface area contributed by atoms with Crippen LogP contribution < -0.4 is 5.32 Å². The first-order chi connectivity index (χ1) is 11.5. The van der Waals surface area contributed by atoms with Gasteiger partial charge in [-0.3, -0.25) is 14.4 Å². The number of rotatable bonds is 6. The van der Waals surface area contributed by atoms with E-state index in [2.05, 4.69) is 5.32 Å². The highest BCUT2D eigenvalue weighted by Gasteiger charge is 2.34. The third-order valence-corrected chi connectivity index (χ3v) is 4.15. The van der Waals surface area contributed by atoms with Gasteiger partial charge in [-0.15, -0.1) is 0 Å². The molecule has 24 heavy (non-hydrogen) atoms. The van der Waals surface area contributed by atoms with Crippen LogP contribution in [-0.2, 0) is 14.3 Å². The van der Waals surface area contributed by atoms with Gasteiger partial charge in [-0.25, -0.2) is 0 Å². The molecule has 0 radical (unpaired) electrons. The Morgan fingerprint density at radius 3 is 2.67 bits per heavy atom. The van der Waals surface area contributed by atoms with E-state index in [1.165, 1.54) is 4.90 Å². The van der Waals surface area contributed by atoms with Gasteiger partial charge in [0.05, 0.1) is 0 Å². The first-order valence-corrected chi connectivity index (χ1v) is 8.10. The molecule has 1 unspecified atom stereocenters. The number of amides is 2. The molecule has 2 aliphatic rings. The Hall–Kier alpha value is -2.41. The molecule has 2 N–H and O–H groups in total. The van der Waals surface area contributed by atoms with Crippen molar-refractivity contribution in [2.45, 2.75) is 37.8 Å². The quantitative estimate of drug-likeness (QED) is 0.823. The number of hydrogen-bond donors (Lipinski definition) is 2. The average molecular weight is 332 g/mol. The van der Waals surface area contributed by atoms with Gasteiger partial charge in [0, 0.05) is 23.9 Å². The third kappa shape index (κ3) is 3.91. The maximum absolute atomic E-state index is 12.6. The summed E-state index contributed by atoms with van der Waals surface area (Å²) >= 11 is 0. The minimum atomic E-state index is -1.03. The molecule has 1 aliphatic heterocycles. The van der Waals surface area contributed by atoms with Crippen molar-refractivity contribution in [3.8, 4) is 0 Å². The molecule has 7 heteroatoms. The maximum Gasteiger partial charge on any atom is 0.323 e. The Labute approximate surface area is 139 Å². The Kier molecular flexibility index (Phi) is 4.80. The van der Waals surface area contributed by atoms with Gasteiger partial charge in [-0.2, -0.15) is 0 Å². The van der Waals surface area contributed by atoms with Crippen LogP contribution in [-0.4, -0.2) is 53.1 Å². The standard InChI is InChI=1S/C17H20N2O5/c20-15(21)10-19(13-6-7-13)17(23)11-3-1-4-12(9-11)18-16(22)14-5-2-8-24-14/h1,3-4,9,13-14H,2,5-8,10H2,(H,18,22)(H,20,21). The molecule has 1 aromatic rings. The van der Waals surface area contributed by atoms with Crippen LogP contribution in [0.5, 0.6) is 0 Å². The van der Waals surface area contributed by atoms with E-state index in [-0.39, 0.29) is 24.4 Å². The summed E-state index contributed by atoms with van der Waals surface area (Å²) in [5.74, 6) is -1.58. The zero-order chi connectivity index (χ0) is 17.1. The number of aliphatic carboxylic acids is 1. The van der Waals surface area contributed by atoms with Crippen molar-refractivity contribution < 1.29 is 24.2 Å². The number of nitrogens with one attached hydrogen (secondary N) is 1. The molecule has 1 aliphatic carbocycles. The zero-order valence-electron chi connectivity index (χ0n) is 13.2. The number of ether oxygens (including phenoxy) is 1. The smallest absolute Gasteiger partial charge is 0.323 e. The van der Waals surface area contributed by atoms with Crippen LogP contribution in [0.15, 0.2) is 24.3 Å². The molecule has 128 valence electrons. The van der Waals surface area contributed by atoms with Crippen molar-refractivity contribution in [1.82, 2.24) is 4.90 Å². The van der Waals surface area contributed by atoms with E-state index >= 15 is 0 Å². The van der Waals surface area contributed by atoms with Gasteiger partial charge in [0.1, 0.15) is 12.6 Å². The average Bonchev–Trinajstić information content (AvgIpc) is 3.25. The SMILES string of the molecule is O=C(O)CN(C(=O)c1cccc(NC(=O)C2CCCO2)c1)C1CC1. The fourth-order valence-corrected chi connectivity index (χ4v) is 2.80. The van der Waals surface area contributed by atoms with E-state index < -0.39 is 12.1 Å². The molecular formula is C17H20N2O5. The summed E-state index contributed by atoms with van der Waals surface area (Å²) in [6.45, 7) is 0.276. The second-order valence-electron chi connectivity index (χ2n) is 6.13. The van der Waals surface area contributed by atoms with Crippen LogP contribution >= 0.6 is 0 Å². The third-order valence-electron chi connectivity index (χ3n) is 4.15. The summed E-state index contributed by atoms with van der Waals surface area (Å²) < 4.78 is 5.33. The highest BCUT2D eigenvalue weighted by atomic mass is 16.5. The van der Waals surface area contributed by atoms with Crippen LogP contribution in [0.3, 0.4) is 0 Å². The Morgan fingerprint density at radius 2 is 2.04 bits per heavy atom. The van der Waals surface area contributed by atoms with E-state index in [9.17, 15) is 14.4 Å². The molecule has 1 heterocycles. The van der Waals surface area contributed by atoms with Crippen molar-refractivity contribution in [1.29, 1.82) is 0 Å². The minimum Gasteiger partial charge on any atom is -0.480 e. The van der Waals surface area contributed by atoms with Gasteiger partial charge in [0.25, 0.3) is 11.8 Å². The van der Waals surface area contributed by atoms with Crippen LogP contribution in [0.25, 0.3) is 0 Å². The molecule has 2 amide bonds. The summed E-state index contributed by atoms with van der Waals surface area (Å²) in [5.41, 5.74) is 0.876. The summed E-state index contributed by atoms with van der Waals surface area (Å²) in [7, 11) is 0. The highest BCUT2D eigenvalue weighted by molar-refractivity contribution is 5.99. The lowest BCUT2D eigenvalue weighted by Gasteiger charge is -2.20. The van der Waals surface area contributed by atoms with Crippen molar-refractivity contribution >= 4 is 23.5 Å². The zero-order valence-corrected chi connectivity index (χ0v) is 13.2. The minimum absolute atomic E-state index is 0.00117. The molecule has 1 saturated carbocycles. The number of carboxylic acids is 1. The first kappa shape index (κ1) is 16.4. The number of anilines is 1. The van der Waals surface area contributed by atoms with Crippen molar-refractivity contribution in [3.63, 3.8) is 0 Å². The lowest BCUT2D eigenvalue weighted by atomic mass is 10.1. The lowest BCUT2D eigenvalue weighted by Crippen LogP contribution is -2.37. The van der Waals surface area contributed by atoms with Gasteiger partial charge in [-0.05, 0) is 43.9 Å². The monoisotopic (exact) mass is 332 g/mol. The van der Waals surface area contributed by atoms with E-state index in [4.69, 9.17) is 9.84 Å². The van der Waals surface area contributed by atoms with Gasteiger partial charge in [0.15, 0.2) is 0 Å². The number of carbonyl (C=O) groups excluding carboxylic acids is 2. The van der Waals surface area contributed by atoms with E-state index in [0.717, 1.165) is 19.3 Å². The second kappa shape index (κ2) is 7.00. The lowest BCUT2D eigenvalue weighted by molar-refractivity contribution is -0.137. The molecule has 2 fully saturated rings. The normalized spacial score (nSPS) is 19.8. The van der Waals surface area contributed by atoms with Crippen molar-refractivity contribution in [2.24, 2.45) is 0 Å². The highest BCUT2D eigenvalue weighted by Crippen LogP contribution is 2.28. The molecule has 1 saturated heterocycles. The van der Waals surface area contributed by atoms with Crippen LogP contribution in [0.1, 0.15) is 36.0 Å². The number of nitrogens with zero attached hydrogens (tertiary/aromatic N) is 1. The van der Waals surface area contributed by atoms with Crippen LogP contribution in [0.4, 0.5) is 5.69 Å². The van der Waals surface area contributed by atoms with Crippen LogP contribution in [0, 0.1) is 0 Å². The number of benzene rings is 1. The fourth-order valence-electron chi connectivity index (χ4n) is 2.80. The second-order valence-corrected chi connectivity index (χ2v) is 6.13. The summed E-state index contributed by atoms with van der Waals surface area (Å²) in [6.07, 6.45) is 2.77. The van der Waals surface area contributed by atoms with Crippen molar-refractivity contribution in [3.05, 3.63) is 29.8 Å². The van der Waals surface area contributed by atoms with Gasteiger partial charge in [-0.1, -0.05) is 6.07 Å². The topological polar surface area (TPSA) is 95.9 Å². The van der Waals surface area contributed by atoms with Crippen LogP contribution in [0.2, 0.25) is 0 Å². The molecule has 1 atom stereocenters. The molecular weight excluding hydrogens is 312 g/mol. The summed E-state index contributed by atoms with van der Waals surface area (Å²) in [6, 6.07) is 6.57. The number of carbonyl (C=O) groups is 3. The number of carboxylic acid groups (broad SMARTS) is 1. The van der Waals surface area contributed by atoms with Gasteiger partial charge in [0.2, 0.25) is 0 Å².